The zero-order valence-corrected chi connectivity index (χ0v) is 14.0. The Hall–Kier alpha value is -3.42. The molecule has 0 unspecified atom stereocenters. The first-order chi connectivity index (χ1) is 11.9. The monoisotopic (exact) mass is 340 g/mol. The molecule has 0 aliphatic heterocycles. The van der Waals surface area contributed by atoms with Gasteiger partial charge in [0.05, 0.1) is 0 Å². The third-order valence-electron chi connectivity index (χ3n) is 2.93. The Labute approximate surface area is 144 Å². The van der Waals surface area contributed by atoms with Crippen molar-refractivity contribution in [2.24, 2.45) is 0 Å². The Morgan fingerprint density at radius 2 is 1.44 bits per heavy atom. The molecule has 25 heavy (non-hydrogen) atoms. The fourth-order valence-electron chi connectivity index (χ4n) is 2.00. The predicted molar refractivity (Wildman–Crippen MR) is 88.3 cm³/mol. The van der Waals surface area contributed by atoms with E-state index < -0.39 is 11.9 Å². The van der Waals surface area contributed by atoms with Gasteiger partial charge in [-0.25, -0.2) is 0 Å². The maximum absolute atomic E-state index is 11.2. The first-order valence-electron chi connectivity index (χ1n) is 7.28. The van der Waals surface area contributed by atoms with E-state index in [0.29, 0.717) is 5.82 Å². The van der Waals surface area contributed by atoms with Crippen LogP contribution in [0.1, 0.15) is 26.6 Å². The lowest BCUT2D eigenvalue weighted by Crippen LogP contribution is -2.10. The van der Waals surface area contributed by atoms with Crippen molar-refractivity contribution in [3.63, 3.8) is 0 Å². The van der Waals surface area contributed by atoms with E-state index in [0.717, 1.165) is 5.56 Å². The van der Waals surface area contributed by atoms with Crippen molar-refractivity contribution in [1.82, 2.24) is 20.4 Å². The Morgan fingerprint density at radius 1 is 0.880 bits per heavy atom. The van der Waals surface area contributed by atoms with Crippen molar-refractivity contribution in [1.29, 1.82) is 0 Å². The van der Waals surface area contributed by atoms with Crippen molar-refractivity contribution in [2.75, 3.05) is 0 Å². The summed E-state index contributed by atoms with van der Waals surface area (Å²) in [4.78, 5) is 22.4. The molecule has 0 radical (unpaired) electrons. The van der Waals surface area contributed by atoms with Gasteiger partial charge in [-0.05, 0) is 6.92 Å². The van der Waals surface area contributed by atoms with Crippen LogP contribution >= 0.6 is 0 Å². The van der Waals surface area contributed by atoms with E-state index in [2.05, 4.69) is 27.0 Å². The lowest BCUT2D eigenvalue weighted by molar-refractivity contribution is -0.136. The molecule has 0 spiro atoms. The fraction of sp³-hybridized carbons (Fsp3) is 0.176. The van der Waals surface area contributed by atoms with Crippen LogP contribution in [0.25, 0.3) is 17.0 Å². The maximum Gasteiger partial charge on any atom is 0.308 e. The third kappa shape index (κ3) is 4.77. The van der Waals surface area contributed by atoms with Crippen LogP contribution in [0.5, 0.6) is 0 Å². The number of nitrogens with zero attached hydrogens (tertiary/aromatic N) is 4. The Kier molecular flexibility index (Phi) is 5.67. The lowest BCUT2D eigenvalue weighted by atomic mass is 10.2. The highest BCUT2D eigenvalue weighted by atomic mass is 16.5. The molecular formula is C17H16N4O4. The van der Waals surface area contributed by atoms with Gasteiger partial charge in [-0.3, -0.25) is 9.59 Å². The quantitative estimate of drug-likeness (QED) is 0.464. The van der Waals surface area contributed by atoms with Crippen molar-refractivity contribution in [3.8, 4) is 11.4 Å². The minimum absolute atomic E-state index is 0.0182. The predicted octanol–water partition coefficient (Wildman–Crippen LogP) is 2.30. The van der Waals surface area contributed by atoms with Crippen molar-refractivity contribution in [3.05, 3.63) is 54.3 Å². The van der Waals surface area contributed by atoms with E-state index in [-0.39, 0.29) is 22.9 Å². The van der Waals surface area contributed by atoms with E-state index in [9.17, 15) is 9.59 Å². The van der Waals surface area contributed by atoms with Gasteiger partial charge in [0.15, 0.2) is 0 Å². The van der Waals surface area contributed by atoms with E-state index in [4.69, 9.17) is 9.47 Å². The first-order valence-corrected chi connectivity index (χ1v) is 7.28. The number of rotatable bonds is 5. The molecule has 0 bridgehead atoms. The zero-order valence-electron chi connectivity index (χ0n) is 14.0. The highest BCUT2D eigenvalue weighted by Gasteiger charge is 2.20. The summed E-state index contributed by atoms with van der Waals surface area (Å²) in [6.07, 6.45) is 0. The molecule has 8 nitrogen and oxygen atoms in total. The highest BCUT2D eigenvalue weighted by Crippen LogP contribution is 2.24. The van der Waals surface area contributed by atoms with Gasteiger partial charge in [0.2, 0.25) is 11.6 Å². The zero-order chi connectivity index (χ0) is 18.4. The maximum atomic E-state index is 11.2. The lowest BCUT2D eigenvalue weighted by Gasteiger charge is -2.12. The summed E-state index contributed by atoms with van der Waals surface area (Å²) in [5.74, 6) is -0.735. The molecule has 2 aromatic rings. The molecule has 0 aliphatic carbocycles. The smallest absolute Gasteiger partial charge is 0.308 e. The summed E-state index contributed by atoms with van der Waals surface area (Å²) < 4.78 is 10.0. The molecule has 0 fully saturated rings. The number of hydrogen-bond acceptors (Lipinski definition) is 8. The van der Waals surface area contributed by atoms with Crippen LogP contribution in [-0.2, 0) is 19.1 Å². The summed E-state index contributed by atoms with van der Waals surface area (Å²) in [5.41, 5.74) is 0.875. The standard InChI is InChI=1S/C17H16N4O4/c1-10(24-12(3)22)15(11(2)25-13(4)23)17-20-18-16(19-21-17)14-8-6-5-7-9-14/h5-9H,1H2,2-4H3/b15-11-. The van der Waals surface area contributed by atoms with Crippen LogP contribution in [-0.4, -0.2) is 32.3 Å². The first kappa shape index (κ1) is 17.9. The number of benzene rings is 1. The van der Waals surface area contributed by atoms with E-state index >= 15 is 0 Å². The van der Waals surface area contributed by atoms with Crippen molar-refractivity contribution in [2.45, 2.75) is 20.8 Å². The van der Waals surface area contributed by atoms with Gasteiger partial charge < -0.3 is 9.47 Å². The Morgan fingerprint density at radius 3 is 1.96 bits per heavy atom. The van der Waals surface area contributed by atoms with Gasteiger partial charge in [0.25, 0.3) is 0 Å². The Bertz CT molecular complexity index is 829. The molecule has 0 N–H and O–H groups in total. The van der Waals surface area contributed by atoms with E-state index in [1.54, 1.807) is 0 Å². The molecule has 2 rings (SSSR count). The van der Waals surface area contributed by atoms with Crippen molar-refractivity contribution >= 4 is 17.5 Å². The number of ether oxygens (including phenoxy) is 2. The summed E-state index contributed by atoms with van der Waals surface area (Å²) in [6, 6.07) is 9.18. The average Bonchev–Trinajstić information content (AvgIpc) is 2.55. The second kappa shape index (κ2) is 7.91. The number of carbonyl (C=O) groups excluding carboxylic acids is 2. The van der Waals surface area contributed by atoms with Crippen molar-refractivity contribution < 1.29 is 19.1 Å². The summed E-state index contributed by atoms with van der Waals surface area (Å²) in [6.45, 7) is 7.62. The summed E-state index contributed by atoms with van der Waals surface area (Å²) in [7, 11) is 0. The van der Waals surface area contributed by atoms with E-state index in [1.165, 1.54) is 20.8 Å². The Balaban J connectivity index is 2.42. The molecule has 128 valence electrons. The topological polar surface area (TPSA) is 104 Å². The molecule has 8 heteroatoms. The van der Waals surface area contributed by atoms with Crippen LogP contribution in [0.2, 0.25) is 0 Å². The van der Waals surface area contributed by atoms with Gasteiger partial charge in [-0.15, -0.1) is 20.4 Å². The van der Waals surface area contributed by atoms with Gasteiger partial charge >= 0.3 is 11.9 Å². The van der Waals surface area contributed by atoms with Gasteiger partial charge in [-0.1, -0.05) is 36.9 Å². The van der Waals surface area contributed by atoms with Gasteiger partial charge in [0, 0.05) is 19.4 Å². The largest absolute Gasteiger partial charge is 0.431 e. The number of carbonyl (C=O) groups is 2. The molecule has 0 atom stereocenters. The van der Waals surface area contributed by atoms with Crippen LogP contribution in [0.15, 0.2) is 48.4 Å². The molecule has 0 amide bonds. The average molecular weight is 340 g/mol. The molecule has 0 aliphatic rings. The highest BCUT2D eigenvalue weighted by molar-refractivity contribution is 5.80. The van der Waals surface area contributed by atoms with E-state index in [1.807, 2.05) is 30.3 Å². The van der Waals surface area contributed by atoms with Crippen LogP contribution in [0, 0.1) is 0 Å². The van der Waals surface area contributed by atoms with Crippen LogP contribution in [0.4, 0.5) is 0 Å². The second-order valence-electron chi connectivity index (χ2n) is 4.95. The van der Waals surface area contributed by atoms with Gasteiger partial charge in [0.1, 0.15) is 17.1 Å². The second-order valence-corrected chi connectivity index (χ2v) is 4.95. The number of esters is 2. The third-order valence-corrected chi connectivity index (χ3v) is 2.93. The summed E-state index contributed by atoms with van der Waals surface area (Å²) >= 11 is 0. The molecule has 1 aromatic heterocycles. The molecular weight excluding hydrogens is 324 g/mol. The molecule has 0 saturated heterocycles. The van der Waals surface area contributed by atoms with Gasteiger partial charge in [-0.2, -0.15) is 0 Å². The minimum atomic E-state index is -0.583. The molecule has 0 saturated carbocycles. The van der Waals surface area contributed by atoms with Crippen LogP contribution in [0.3, 0.4) is 0 Å². The normalized spacial score (nSPS) is 11.3. The minimum Gasteiger partial charge on any atom is -0.431 e. The fourth-order valence-corrected chi connectivity index (χ4v) is 2.00. The summed E-state index contributed by atoms with van der Waals surface area (Å²) in [5, 5.41) is 16.0. The molecule has 1 aromatic carbocycles. The number of aromatic nitrogens is 4. The SMILES string of the molecule is C=C(OC(C)=O)/C(=C(\C)OC(C)=O)c1nnc(-c2ccccc2)nn1. The van der Waals surface area contributed by atoms with Crippen LogP contribution < -0.4 is 0 Å². The number of allylic oxidation sites excluding steroid dienone is 2. The molecule has 1 heterocycles. The number of hydrogen-bond donors (Lipinski definition) is 0.